The molecule has 3 heteroatoms. The summed E-state index contributed by atoms with van der Waals surface area (Å²) in [7, 11) is 0. The molecule has 17 heavy (non-hydrogen) atoms. The van der Waals surface area contributed by atoms with E-state index in [4.69, 9.17) is 4.74 Å². The van der Waals surface area contributed by atoms with E-state index in [-0.39, 0.29) is 24.1 Å². The summed E-state index contributed by atoms with van der Waals surface area (Å²) < 4.78 is 5.34. The van der Waals surface area contributed by atoms with Gasteiger partial charge in [-0.25, -0.2) is 0 Å². The first-order valence-corrected chi connectivity index (χ1v) is 5.83. The van der Waals surface area contributed by atoms with Crippen molar-refractivity contribution >= 4 is 11.6 Å². The van der Waals surface area contributed by atoms with Crippen LogP contribution in [-0.4, -0.2) is 18.2 Å². The number of carbonyl (C=O) groups is 2. The highest BCUT2D eigenvalue weighted by molar-refractivity contribution is 5.95. The van der Waals surface area contributed by atoms with Crippen LogP contribution in [0.25, 0.3) is 0 Å². The lowest BCUT2D eigenvalue weighted by Gasteiger charge is -2.07. The molecule has 0 unspecified atom stereocenters. The molecule has 92 valence electrons. The monoisotopic (exact) mass is 234 g/mol. The van der Waals surface area contributed by atoms with E-state index in [2.05, 4.69) is 0 Å². The summed E-state index contributed by atoms with van der Waals surface area (Å²) in [6.07, 6.45) is 0.492. The summed E-state index contributed by atoms with van der Waals surface area (Å²) in [6.45, 7) is 5.59. The molecule has 0 N–H and O–H groups in total. The molecule has 0 heterocycles. The highest BCUT2D eigenvalue weighted by atomic mass is 16.5. The van der Waals surface area contributed by atoms with Crippen molar-refractivity contribution in [1.29, 1.82) is 0 Å². The van der Waals surface area contributed by atoms with Gasteiger partial charge in [0.2, 0.25) is 0 Å². The molecule has 0 atom stereocenters. The molecule has 0 amide bonds. The molecular weight excluding hydrogens is 216 g/mol. The average Bonchev–Trinajstić information content (AvgIpc) is 2.35. The van der Waals surface area contributed by atoms with Crippen LogP contribution in [-0.2, 0) is 4.79 Å². The van der Waals surface area contributed by atoms with Gasteiger partial charge in [0.1, 0.15) is 12.4 Å². The van der Waals surface area contributed by atoms with Crippen molar-refractivity contribution in [3.8, 4) is 5.75 Å². The van der Waals surface area contributed by atoms with Gasteiger partial charge in [-0.05, 0) is 24.3 Å². The summed E-state index contributed by atoms with van der Waals surface area (Å²) in [5, 5.41) is 0. The standard InChI is InChI=1S/C14H18O3/c1-4-13(15)11-5-7-12(8-6-11)17-9-14(16)10(2)3/h5-8,10H,4,9H2,1-3H3. The van der Waals surface area contributed by atoms with Gasteiger partial charge in [-0.3, -0.25) is 9.59 Å². The topological polar surface area (TPSA) is 43.4 Å². The molecule has 0 spiro atoms. The smallest absolute Gasteiger partial charge is 0.172 e. The third-order valence-corrected chi connectivity index (χ3v) is 2.52. The van der Waals surface area contributed by atoms with Gasteiger partial charge >= 0.3 is 0 Å². The minimum Gasteiger partial charge on any atom is -0.486 e. The van der Waals surface area contributed by atoms with Gasteiger partial charge < -0.3 is 4.74 Å². The van der Waals surface area contributed by atoms with Crippen LogP contribution in [0.3, 0.4) is 0 Å². The Labute approximate surface area is 102 Å². The highest BCUT2D eigenvalue weighted by Crippen LogP contribution is 2.13. The Morgan fingerprint density at radius 1 is 1.18 bits per heavy atom. The Balaban J connectivity index is 2.57. The van der Waals surface area contributed by atoms with Crippen LogP contribution in [0.5, 0.6) is 5.75 Å². The van der Waals surface area contributed by atoms with Crippen LogP contribution >= 0.6 is 0 Å². The van der Waals surface area contributed by atoms with Crippen molar-refractivity contribution in [2.75, 3.05) is 6.61 Å². The normalized spacial score (nSPS) is 10.4. The Hall–Kier alpha value is -1.64. The Kier molecular flexibility index (Phi) is 4.88. The van der Waals surface area contributed by atoms with Crippen LogP contribution in [0, 0.1) is 5.92 Å². The molecule has 1 aromatic carbocycles. The number of hydrogen-bond acceptors (Lipinski definition) is 3. The SMILES string of the molecule is CCC(=O)c1ccc(OCC(=O)C(C)C)cc1. The van der Waals surface area contributed by atoms with E-state index in [1.54, 1.807) is 24.3 Å². The second kappa shape index (κ2) is 6.18. The summed E-state index contributed by atoms with van der Waals surface area (Å²) in [4.78, 5) is 22.7. The number of rotatable bonds is 6. The Morgan fingerprint density at radius 3 is 2.24 bits per heavy atom. The fourth-order valence-electron chi connectivity index (χ4n) is 1.26. The van der Waals surface area contributed by atoms with Gasteiger partial charge in [0.25, 0.3) is 0 Å². The van der Waals surface area contributed by atoms with Crippen molar-refractivity contribution in [2.45, 2.75) is 27.2 Å². The Bertz CT molecular complexity index is 390. The van der Waals surface area contributed by atoms with Crippen LogP contribution in [0.15, 0.2) is 24.3 Å². The van der Waals surface area contributed by atoms with E-state index in [1.165, 1.54) is 0 Å². The zero-order valence-electron chi connectivity index (χ0n) is 10.5. The number of carbonyl (C=O) groups excluding carboxylic acids is 2. The largest absolute Gasteiger partial charge is 0.486 e. The third-order valence-electron chi connectivity index (χ3n) is 2.52. The first kappa shape index (κ1) is 13.4. The zero-order chi connectivity index (χ0) is 12.8. The molecule has 0 aliphatic rings. The van der Waals surface area contributed by atoms with Gasteiger partial charge in [-0.15, -0.1) is 0 Å². The molecule has 3 nitrogen and oxygen atoms in total. The van der Waals surface area contributed by atoms with Crippen molar-refractivity contribution in [3.05, 3.63) is 29.8 Å². The third kappa shape index (κ3) is 4.02. The summed E-state index contributed by atoms with van der Waals surface area (Å²) >= 11 is 0. The summed E-state index contributed by atoms with van der Waals surface area (Å²) in [6, 6.07) is 6.88. The fourth-order valence-corrected chi connectivity index (χ4v) is 1.26. The molecule has 1 rings (SSSR count). The lowest BCUT2D eigenvalue weighted by atomic mass is 10.1. The molecule has 0 aliphatic heterocycles. The highest BCUT2D eigenvalue weighted by Gasteiger charge is 2.08. The Morgan fingerprint density at radius 2 is 1.76 bits per heavy atom. The van der Waals surface area contributed by atoms with Crippen LogP contribution in [0.4, 0.5) is 0 Å². The second-order valence-electron chi connectivity index (χ2n) is 4.21. The molecule has 0 saturated carbocycles. The zero-order valence-corrected chi connectivity index (χ0v) is 10.5. The maximum Gasteiger partial charge on any atom is 0.172 e. The van der Waals surface area contributed by atoms with E-state index >= 15 is 0 Å². The van der Waals surface area contributed by atoms with E-state index < -0.39 is 0 Å². The summed E-state index contributed by atoms with van der Waals surface area (Å²) in [5.74, 6) is 0.774. The van der Waals surface area contributed by atoms with Crippen molar-refractivity contribution in [2.24, 2.45) is 5.92 Å². The molecule has 0 bridgehead atoms. The molecule has 0 aliphatic carbocycles. The molecule has 1 aromatic rings. The number of ketones is 2. The van der Waals surface area contributed by atoms with Gasteiger partial charge in [-0.2, -0.15) is 0 Å². The second-order valence-corrected chi connectivity index (χ2v) is 4.21. The maximum absolute atomic E-state index is 11.4. The van der Waals surface area contributed by atoms with E-state index in [0.29, 0.717) is 17.7 Å². The number of benzene rings is 1. The molecule has 0 aromatic heterocycles. The van der Waals surface area contributed by atoms with Gasteiger partial charge in [0, 0.05) is 17.9 Å². The van der Waals surface area contributed by atoms with Crippen LogP contribution in [0.2, 0.25) is 0 Å². The van der Waals surface area contributed by atoms with Crippen molar-refractivity contribution in [1.82, 2.24) is 0 Å². The molecule has 0 radical (unpaired) electrons. The van der Waals surface area contributed by atoms with Crippen LogP contribution < -0.4 is 4.74 Å². The van der Waals surface area contributed by atoms with Crippen molar-refractivity contribution < 1.29 is 14.3 Å². The fraction of sp³-hybridized carbons (Fsp3) is 0.429. The minimum absolute atomic E-state index is 0.0176. The molecule has 0 saturated heterocycles. The summed E-state index contributed by atoms with van der Waals surface area (Å²) in [5.41, 5.74) is 0.676. The lowest BCUT2D eigenvalue weighted by molar-refractivity contribution is -0.123. The number of Topliss-reactive ketones (excluding diaryl/α,β-unsaturated/α-hetero) is 2. The van der Waals surface area contributed by atoms with E-state index in [1.807, 2.05) is 20.8 Å². The predicted octanol–water partition coefficient (Wildman–Crippen LogP) is 2.88. The first-order chi connectivity index (χ1) is 8.04. The number of ether oxygens (including phenoxy) is 1. The minimum atomic E-state index is -0.0176. The van der Waals surface area contributed by atoms with Gasteiger partial charge in [0.05, 0.1) is 0 Å². The quantitative estimate of drug-likeness (QED) is 0.711. The maximum atomic E-state index is 11.4. The number of hydrogen-bond donors (Lipinski definition) is 0. The van der Waals surface area contributed by atoms with Gasteiger partial charge in [-0.1, -0.05) is 20.8 Å². The van der Waals surface area contributed by atoms with Crippen LogP contribution in [0.1, 0.15) is 37.6 Å². The van der Waals surface area contributed by atoms with E-state index in [9.17, 15) is 9.59 Å². The average molecular weight is 234 g/mol. The molecule has 0 fully saturated rings. The van der Waals surface area contributed by atoms with E-state index in [0.717, 1.165) is 0 Å². The first-order valence-electron chi connectivity index (χ1n) is 5.83. The van der Waals surface area contributed by atoms with Crippen molar-refractivity contribution in [3.63, 3.8) is 0 Å². The lowest BCUT2D eigenvalue weighted by Crippen LogP contribution is -2.16. The van der Waals surface area contributed by atoms with Gasteiger partial charge in [0.15, 0.2) is 11.6 Å². The molecular formula is C14H18O3. The predicted molar refractivity (Wildman–Crippen MR) is 66.4 cm³/mol.